The molecule has 0 unspecified atom stereocenters. The Morgan fingerprint density at radius 2 is 2.21 bits per heavy atom. The van der Waals surface area contributed by atoms with Crippen molar-refractivity contribution in [2.24, 2.45) is 0 Å². The predicted molar refractivity (Wildman–Crippen MR) is 68.9 cm³/mol. The normalized spacial score (nSPS) is 11.7. The number of nitrogen functional groups attached to an aromatic ring is 1. The molecule has 1 aromatic carbocycles. The first-order valence-electron chi connectivity index (χ1n) is 5.20. The van der Waals surface area contributed by atoms with Crippen LogP contribution in [-0.2, 0) is 16.6 Å². The van der Waals surface area contributed by atoms with Crippen LogP contribution in [0.15, 0.2) is 27.9 Å². The maximum absolute atomic E-state index is 12.0. The van der Waals surface area contributed by atoms with E-state index >= 15 is 0 Å². The summed E-state index contributed by atoms with van der Waals surface area (Å²) in [5, 5.41) is 3.85. The standard InChI is InChI=1S/C10H11ClN4O3S/c1-6-2-7(3-8(12)10(6)11)19(16,17)14-4-9-13-5-18-15-9/h2-3,5,14H,4,12H2,1H3. The minimum absolute atomic E-state index is 0.0374. The van der Waals surface area contributed by atoms with Gasteiger partial charge in [-0.1, -0.05) is 16.8 Å². The number of nitrogens with one attached hydrogen (secondary N) is 1. The second-order valence-corrected chi connectivity index (χ2v) is 5.96. The van der Waals surface area contributed by atoms with Gasteiger partial charge in [-0.15, -0.1) is 0 Å². The molecule has 102 valence electrons. The fourth-order valence-corrected chi connectivity index (χ4v) is 2.64. The highest BCUT2D eigenvalue weighted by Crippen LogP contribution is 2.26. The average molecular weight is 303 g/mol. The molecular formula is C10H11ClN4O3S. The molecule has 0 aliphatic rings. The molecule has 1 aromatic heterocycles. The third kappa shape index (κ3) is 3.03. The van der Waals surface area contributed by atoms with Gasteiger partial charge in [0.25, 0.3) is 0 Å². The van der Waals surface area contributed by atoms with Crippen LogP contribution in [0.3, 0.4) is 0 Å². The van der Waals surface area contributed by atoms with E-state index in [1.54, 1.807) is 6.92 Å². The van der Waals surface area contributed by atoms with Gasteiger partial charge in [-0.3, -0.25) is 0 Å². The Kier molecular flexibility index (Phi) is 3.74. The lowest BCUT2D eigenvalue weighted by molar-refractivity contribution is 0.409. The van der Waals surface area contributed by atoms with E-state index in [1.165, 1.54) is 12.1 Å². The molecule has 19 heavy (non-hydrogen) atoms. The van der Waals surface area contributed by atoms with Crippen molar-refractivity contribution < 1.29 is 12.9 Å². The highest BCUT2D eigenvalue weighted by molar-refractivity contribution is 7.89. The zero-order valence-electron chi connectivity index (χ0n) is 9.92. The Balaban J connectivity index is 2.24. The average Bonchev–Trinajstić information content (AvgIpc) is 2.86. The molecule has 0 spiro atoms. The Labute approximate surface area is 114 Å². The van der Waals surface area contributed by atoms with E-state index in [2.05, 4.69) is 19.4 Å². The van der Waals surface area contributed by atoms with Gasteiger partial charge in [-0.05, 0) is 24.6 Å². The van der Waals surface area contributed by atoms with Crippen LogP contribution in [0.4, 0.5) is 5.69 Å². The molecular weight excluding hydrogens is 292 g/mol. The molecule has 0 atom stereocenters. The number of nitrogens with two attached hydrogens (primary N) is 1. The van der Waals surface area contributed by atoms with Gasteiger partial charge in [0.05, 0.1) is 22.2 Å². The second kappa shape index (κ2) is 5.16. The molecule has 1 heterocycles. The van der Waals surface area contributed by atoms with Crippen molar-refractivity contribution in [3.8, 4) is 0 Å². The van der Waals surface area contributed by atoms with Gasteiger partial charge in [0.1, 0.15) is 0 Å². The summed E-state index contributed by atoms with van der Waals surface area (Å²) >= 11 is 5.89. The summed E-state index contributed by atoms with van der Waals surface area (Å²) in [5.41, 5.74) is 6.44. The van der Waals surface area contributed by atoms with Gasteiger partial charge in [0, 0.05) is 0 Å². The van der Waals surface area contributed by atoms with Crippen molar-refractivity contribution in [2.45, 2.75) is 18.4 Å². The number of anilines is 1. The largest absolute Gasteiger partial charge is 0.397 e. The number of nitrogens with zero attached hydrogens (tertiary/aromatic N) is 2. The van der Waals surface area contributed by atoms with Crippen LogP contribution in [0.1, 0.15) is 11.4 Å². The predicted octanol–water partition coefficient (Wildman–Crippen LogP) is 1.09. The number of halogens is 1. The molecule has 0 radical (unpaired) electrons. The van der Waals surface area contributed by atoms with E-state index in [1.807, 2.05) is 0 Å². The van der Waals surface area contributed by atoms with Crippen molar-refractivity contribution in [3.63, 3.8) is 0 Å². The lowest BCUT2D eigenvalue weighted by Crippen LogP contribution is -2.24. The zero-order chi connectivity index (χ0) is 14.0. The molecule has 3 N–H and O–H groups in total. The fraction of sp³-hybridized carbons (Fsp3) is 0.200. The number of aryl methyl sites for hydroxylation is 1. The Morgan fingerprint density at radius 1 is 1.47 bits per heavy atom. The maximum atomic E-state index is 12.0. The highest BCUT2D eigenvalue weighted by Gasteiger charge is 2.17. The molecule has 0 saturated heterocycles. The first-order chi connectivity index (χ1) is 8.90. The first-order valence-corrected chi connectivity index (χ1v) is 7.07. The topological polar surface area (TPSA) is 111 Å². The first kappa shape index (κ1) is 13.8. The van der Waals surface area contributed by atoms with Crippen LogP contribution < -0.4 is 10.5 Å². The van der Waals surface area contributed by atoms with E-state index in [-0.39, 0.29) is 23.0 Å². The van der Waals surface area contributed by atoms with Crippen molar-refractivity contribution >= 4 is 27.3 Å². The van der Waals surface area contributed by atoms with Gasteiger partial charge < -0.3 is 10.3 Å². The summed E-state index contributed by atoms with van der Waals surface area (Å²) in [4.78, 5) is 3.75. The van der Waals surface area contributed by atoms with Crippen molar-refractivity contribution in [2.75, 3.05) is 5.73 Å². The van der Waals surface area contributed by atoms with Crippen LogP contribution in [0, 0.1) is 6.92 Å². The summed E-state index contributed by atoms with van der Waals surface area (Å²) < 4.78 is 30.9. The van der Waals surface area contributed by atoms with Gasteiger partial charge in [-0.25, -0.2) is 13.1 Å². The molecule has 0 bridgehead atoms. The van der Waals surface area contributed by atoms with E-state index in [4.69, 9.17) is 17.3 Å². The Hall–Kier alpha value is -1.64. The summed E-state index contributed by atoms with van der Waals surface area (Å²) in [7, 11) is -3.71. The van der Waals surface area contributed by atoms with Crippen LogP contribution in [0.5, 0.6) is 0 Å². The van der Waals surface area contributed by atoms with Gasteiger partial charge in [0.15, 0.2) is 5.82 Å². The summed E-state index contributed by atoms with van der Waals surface area (Å²) in [6.45, 7) is 1.61. The third-order valence-corrected chi connectivity index (χ3v) is 4.29. The molecule has 0 aliphatic heterocycles. The number of rotatable bonds is 4. The lowest BCUT2D eigenvalue weighted by atomic mass is 10.2. The third-order valence-electron chi connectivity index (χ3n) is 2.39. The molecule has 0 fully saturated rings. The van der Waals surface area contributed by atoms with Crippen molar-refractivity contribution in [3.05, 3.63) is 34.9 Å². The summed E-state index contributed by atoms with van der Waals surface area (Å²) in [6.07, 6.45) is 1.12. The van der Waals surface area contributed by atoms with Crippen molar-refractivity contribution in [1.82, 2.24) is 14.9 Å². The smallest absolute Gasteiger partial charge is 0.241 e. The number of benzene rings is 1. The number of hydrogen-bond donors (Lipinski definition) is 2. The molecule has 0 amide bonds. The van der Waals surface area contributed by atoms with E-state index < -0.39 is 10.0 Å². The molecule has 2 rings (SSSR count). The quantitative estimate of drug-likeness (QED) is 0.818. The highest BCUT2D eigenvalue weighted by atomic mass is 35.5. The molecule has 0 aliphatic carbocycles. The molecule has 9 heteroatoms. The number of hydrogen-bond acceptors (Lipinski definition) is 6. The van der Waals surface area contributed by atoms with Crippen LogP contribution in [0.25, 0.3) is 0 Å². The van der Waals surface area contributed by atoms with Crippen LogP contribution >= 0.6 is 11.6 Å². The second-order valence-electron chi connectivity index (χ2n) is 3.82. The molecule has 2 aromatic rings. The maximum Gasteiger partial charge on any atom is 0.241 e. The van der Waals surface area contributed by atoms with E-state index in [0.29, 0.717) is 10.6 Å². The minimum atomic E-state index is -3.71. The Bertz CT molecular complexity index is 662. The van der Waals surface area contributed by atoms with Crippen LogP contribution in [0.2, 0.25) is 5.02 Å². The van der Waals surface area contributed by atoms with E-state index in [0.717, 1.165) is 6.39 Å². The van der Waals surface area contributed by atoms with Crippen molar-refractivity contribution in [1.29, 1.82) is 0 Å². The van der Waals surface area contributed by atoms with Crippen LogP contribution in [-0.4, -0.2) is 18.6 Å². The summed E-state index contributed by atoms with van der Waals surface area (Å²) in [5.74, 6) is 0.238. The minimum Gasteiger partial charge on any atom is -0.397 e. The SMILES string of the molecule is Cc1cc(S(=O)(=O)NCc2ncon2)cc(N)c1Cl. The van der Waals surface area contributed by atoms with Gasteiger partial charge in [-0.2, -0.15) is 4.98 Å². The van der Waals surface area contributed by atoms with E-state index in [9.17, 15) is 8.42 Å². The molecule has 7 nitrogen and oxygen atoms in total. The van der Waals surface area contributed by atoms with Gasteiger partial charge in [0.2, 0.25) is 16.4 Å². The number of sulfonamides is 1. The Morgan fingerprint density at radius 3 is 2.79 bits per heavy atom. The summed E-state index contributed by atoms with van der Waals surface area (Å²) in [6, 6.07) is 2.74. The fourth-order valence-electron chi connectivity index (χ4n) is 1.43. The monoisotopic (exact) mass is 302 g/mol. The number of aromatic nitrogens is 2. The van der Waals surface area contributed by atoms with Gasteiger partial charge >= 0.3 is 0 Å². The zero-order valence-corrected chi connectivity index (χ0v) is 11.5. The molecule has 0 saturated carbocycles. The lowest BCUT2D eigenvalue weighted by Gasteiger charge is -2.08.